The van der Waals surface area contributed by atoms with Gasteiger partial charge in [0.15, 0.2) is 5.78 Å². The molecule has 1 aliphatic heterocycles. The topological polar surface area (TPSA) is 20.3 Å². The van der Waals surface area contributed by atoms with E-state index in [1.807, 2.05) is 12.1 Å². The smallest absolute Gasteiger partial charge is 0.167 e. The van der Waals surface area contributed by atoms with E-state index in [0.717, 1.165) is 38.0 Å². The number of carbonyl (C=O) groups excluding carboxylic acids is 1. The zero-order valence-corrected chi connectivity index (χ0v) is 13.0. The van der Waals surface area contributed by atoms with Gasteiger partial charge in [0.25, 0.3) is 0 Å². The highest BCUT2D eigenvalue weighted by atomic mass is 35.5. The average molecular weight is 292 g/mol. The number of nitrogens with zero attached hydrogens (tertiary/aromatic N) is 1. The molecule has 1 atom stereocenters. The molecule has 0 unspecified atom stereocenters. The Labute approximate surface area is 126 Å². The van der Waals surface area contributed by atoms with Gasteiger partial charge >= 0.3 is 0 Å². The number of hydrogen-bond donors (Lipinski definition) is 0. The number of carbonyl (C=O) groups is 1. The molecular formula is C17H22ClNO. The molecule has 1 aliphatic rings. The van der Waals surface area contributed by atoms with E-state index in [4.69, 9.17) is 11.6 Å². The van der Waals surface area contributed by atoms with E-state index >= 15 is 0 Å². The van der Waals surface area contributed by atoms with Crippen LogP contribution in [0.4, 0.5) is 0 Å². The lowest BCUT2D eigenvalue weighted by atomic mass is 9.90. The predicted molar refractivity (Wildman–Crippen MR) is 84.4 cm³/mol. The van der Waals surface area contributed by atoms with E-state index in [-0.39, 0.29) is 11.7 Å². The number of benzene rings is 1. The number of hydrogen-bond acceptors (Lipinski definition) is 2. The molecule has 0 bridgehead atoms. The summed E-state index contributed by atoms with van der Waals surface area (Å²) in [7, 11) is 0. The van der Waals surface area contributed by atoms with Crippen molar-refractivity contribution in [3.8, 4) is 0 Å². The van der Waals surface area contributed by atoms with Gasteiger partial charge in [0, 0.05) is 29.6 Å². The van der Waals surface area contributed by atoms with Gasteiger partial charge in [0.2, 0.25) is 0 Å². The molecule has 108 valence electrons. The number of piperidine rings is 1. The third-order valence-electron chi connectivity index (χ3n) is 3.95. The van der Waals surface area contributed by atoms with Gasteiger partial charge in [-0.1, -0.05) is 35.4 Å². The van der Waals surface area contributed by atoms with Gasteiger partial charge in [0.05, 0.1) is 0 Å². The van der Waals surface area contributed by atoms with E-state index in [2.05, 4.69) is 24.8 Å². The Kier molecular flexibility index (Phi) is 5.38. The summed E-state index contributed by atoms with van der Waals surface area (Å²) in [6, 6.07) is 7.30. The van der Waals surface area contributed by atoms with Crippen LogP contribution in [0.2, 0.25) is 5.02 Å². The summed E-state index contributed by atoms with van der Waals surface area (Å²) >= 11 is 5.97. The second kappa shape index (κ2) is 7.05. The number of halogens is 1. The van der Waals surface area contributed by atoms with Crippen LogP contribution in [0.3, 0.4) is 0 Å². The fourth-order valence-corrected chi connectivity index (χ4v) is 2.92. The van der Waals surface area contributed by atoms with Crippen LogP contribution in [0.15, 0.2) is 35.9 Å². The molecule has 0 radical (unpaired) electrons. The van der Waals surface area contributed by atoms with Crippen molar-refractivity contribution in [3.63, 3.8) is 0 Å². The van der Waals surface area contributed by atoms with Gasteiger partial charge in [0.1, 0.15) is 0 Å². The molecule has 0 N–H and O–H groups in total. The molecule has 0 saturated carbocycles. The van der Waals surface area contributed by atoms with Crippen LogP contribution >= 0.6 is 11.6 Å². The molecule has 2 rings (SSSR count). The monoisotopic (exact) mass is 291 g/mol. The minimum atomic E-state index is 0.104. The van der Waals surface area contributed by atoms with E-state index in [9.17, 15) is 4.79 Å². The van der Waals surface area contributed by atoms with Crippen molar-refractivity contribution in [1.82, 2.24) is 4.90 Å². The predicted octanol–water partition coefficient (Wildman–Crippen LogP) is 4.20. The lowest BCUT2D eigenvalue weighted by Gasteiger charge is -2.32. The van der Waals surface area contributed by atoms with Crippen LogP contribution in [-0.4, -0.2) is 30.3 Å². The first-order valence-corrected chi connectivity index (χ1v) is 7.62. The molecule has 1 fully saturated rings. The van der Waals surface area contributed by atoms with Crippen molar-refractivity contribution in [3.05, 3.63) is 46.5 Å². The van der Waals surface area contributed by atoms with E-state index < -0.39 is 0 Å². The summed E-state index contributed by atoms with van der Waals surface area (Å²) in [5, 5.41) is 0.633. The summed E-state index contributed by atoms with van der Waals surface area (Å²) < 4.78 is 0. The molecule has 1 saturated heterocycles. The second-order valence-corrected chi connectivity index (χ2v) is 6.02. The molecule has 0 amide bonds. The van der Waals surface area contributed by atoms with Gasteiger partial charge in [-0.25, -0.2) is 0 Å². The van der Waals surface area contributed by atoms with Gasteiger partial charge in [-0.2, -0.15) is 0 Å². The molecule has 0 spiro atoms. The molecule has 1 aromatic carbocycles. The molecule has 3 heteroatoms. The Morgan fingerprint density at radius 3 is 3.00 bits per heavy atom. The summed E-state index contributed by atoms with van der Waals surface area (Å²) in [6.07, 6.45) is 4.22. The SMILES string of the molecule is C/C=C(\C)CN1CCC[C@@H](C(=O)c2cccc(Cl)c2)C1. The highest BCUT2D eigenvalue weighted by molar-refractivity contribution is 6.31. The first-order chi connectivity index (χ1) is 9.60. The number of rotatable bonds is 4. The van der Waals surface area contributed by atoms with Crippen LogP contribution in [0, 0.1) is 5.92 Å². The van der Waals surface area contributed by atoms with E-state index in [1.165, 1.54) is 5.57 Å². The summed E-state index contributed by atoms with van der Waals surface area (Å²) in [4.78, 5) is 14.9. The molecule has 2 nitrogen and oxygen atoms in total. The third-order valence-corrected chi connectivity index (χ3v) is 4.19. The van der Waals surface area contributed by atoms with Crippen molar-refractivity contribution in [2.45, 2.75) is 26.7 Å². The standard InChI is InChI=1S/C17H22ClNO/c1-3-13(2)11-19-9-5-7-15(12-19)17(20)14-6-4-8-16(18)10-14/h3-4,6,8,10,15H,5,7,9,11-12H2,1-2H3/b13-3+/t15-/m1/s1. The Morgan fingerprint density at radius 1 is 1.50 bits per heavy atom. The van der Waals surface area contributed by atoms with Crippen LogP contribution in [0.1, 0.15) is 37.0 Å². The Hall–Kier alpha value is -1.12. The first kappa shape index (κ1) is 15.3. The summed E-state index contributed by atoms with van der Waals surface area (Å²) in [5.41, 5.74) is 2.10. The zero-order chi connectivity index (χ0) is 14.5. The van der Waals surface area contributed by atoms with Gasteiger partial charge in [-0.3, -0.25) is 9.69 Å². The maximum Gasteiger partial charge on any atom is 0.167 e. The van der Waals surface area contributed by atoms with E-state index in [0.29, 0.717) is 5.02 Å². The Balaban J connectivity index is 2.03. The lowest BCUT2D eigenvalue weighted by Crippen LogP contribution is -2.39. The van der Waals surface area contributed by atoms with Crippen LogP contribution in [-0.2, 0) is 0 Å². The number of allylic oxidation sites excluding steroid dienone is 1. The quantitative estimate of drug-likeness (QED) is 0.612. The second-order valence-electron chi connectivity index (χ2n) is 5.58. The largest absolute Gasteiger partial charge is 0.299 e. The molecule has 1 aromatic rings. The fraction of sp³-hybridized carbons (Fsp3) is 0.471. The minimum Gasteiger partial charge on any atom is -0.299 e. The van der Waals surface area contributed by atoms with Crippen LogP contribution in [0.5, 0.6) is 0 Å². The average Bonchev–Trinajstić information content (AvgIpc) is 2.46. The number of Topliss-reactive ketones (excluding diaryl/α,β-unsaturated/α-hetero) is 1. The van der Waals surface area contributed by atoms with Gasteiger partial charge < -0.3 is 0 Å². The van der Waals surface area contributed by atoms with Crippen molar-refractivity contribution in [2.24, 2.45) is 5.92 Å². The summed E-state index contributed by atoms with van der Waals surface area (Å²) in [5.74, 6) is 0.335. The highest BCUT2D eigenvalue weighted by Crippen LogP contribution is 2.23. The number of likely N-dealkylation sites (tertiary alicyclic amines) is 1. The fourth-order valence-electron chi connectivity index (χ4n) is 2.73. The first-order valence-electron chi connectivity index (χ1n) is 7.24. The molecule has 0 aliphatic carbocycles. The maximum absolute atomic E-state index is 12.6. The van der Waals surface area contributed by atoms with Crippen LogP contribution in [0.25, 0.3) is 0 Å². The normalized spacial score (nSPS) is 20.9. The Bertz CT molecular complexity index is 509. The summed E-state index contributed by atoms with van der Waals surface area (Å²) in [6.45, 7) is 7.12. The van der Waals surface area contributed by atoms with Crippen molar-refractivity contribution in [2.75, 3.05) is 19.6 Å². The minimum absolute atomic E-state index is 0.104. The molecule has 1 heterocycles. The van der Waals surface area contributed by atoms with Gasteiger partial charge in [-0.15, -0.1) is 0 Å². The lowest BCUT2D eigenvalue weighted by molar-refractivity contribution is 0.0829. The third kappa shape index (κ3) is 3.94. The van der Waals surface area contributed by atoms with Crippen molar-refractivity contribution < 1.29 is 4.79 Å². The highest BCUT2D eigenvalue weighted by Gasteiger charge is 2.26. The van der Waals surface area contributed by atoms with Gasteiger partial charge in [-0.05, 0) is 45.4 Å². The van der Waals surface area contributed by atoms with Crippen molar-refractivity contribution >= 4 is 17.4 Å². The van der Waals surface area contributed by atoms with E-state index in [1.54, 1.807) is 12.1 Å². The van der Waals surface area contributed by atoms with Crippen molar-refractivity contribution in [1.29, 1.82) is 0 Å². The number of ketones is 1. The molecular weight excluding hydrogens is 270 g/mol. The maximum atomic E-state index is 12.6. The zero-order valence-electron chi connectivity index (χ0n) is 12.2. The molecule has 20 heavy (non-hydrogen) atoms. The van der Waals surface area contributed by atoms with Crippen LogP contribution < -0.4 is 0 Å². The Morgan fingerprint density at radius 2 is 2.30 bits per heavy atom. The molecule has 0 aromatic heterocycles.